The minimum atomic E-state index is -0.278. The molecule has 0 N–H and O–H groups in total. The van der Waals surface area contributed by atoms with Crippen molar-refractivity contribution in [3.8, 4) is 5.75 Å². The normalized spacial score (nSPS) is 20.0. The fourth-order valence-electron chi connectivity index (χ4n) is 3.92. The summed E-state index contributed by atoms with van der Waals surface area (Å²) in [6.07, 6.45) is 5.12. The Morgan fingerprint density at radius 2 is 1.50 bits per heavy atom. The highest BCUT2D eigenvalue weighted by Gasteiger charge is 2.20. The van der Waals surface area contributed by atoms with E-state index in [1.807, 2.05) is 25.1 Å². The van der Waals surface area contributed by atoms with E-state index < -0.39 is 0 Å². The van der Waals surface area contributed by atoms with Crippen LogP contribution >= 0.6 is 0 Å². The molecule has 3 rings (SSSR count). The second-order valence-electron chi connectivity index (χ2n) is 8.03. The Morgan fingerprint density at radius 3 is 2.12 bits per heavy atom. The number of carbonyl (C=O) groups excluding carboxylic acids is 1. The molecule has 1 saturated carbocycles. The van der Waals surface area contributed by atoms with Crippen LogP contribution in [0.3, 0.4) is 0 Å². The Balaban J connectivity index is 1.73. The summed E-state index contributed by atoms with van der Waals surface area (Å²) < 4.78 is 5.71. The Labute approximate surface area is 157 Å². The molecule has 1 aliphatic rings. The zero-order valence-electron chi connectivity index (χ0n) is 16.7. The lowest BCUT2D eigenvalue weighted by atomic mass is 9.79. The van der Waals surface area contributed by atoms with E-state index >= 15 is 0 Å². The van der Waals surface area contributed by atoms with Gasteiger partial charge in [0.1, 0.15) is 5.75 Å². The zero-order chi connectivity index (χ0) is 18.8. The van der Waals surface area contributed by atoms with Gasteiger partial charge in [-0.25, -0.2) is 4.79 Å². The first-order chi connectivity index (χ1) is 12.4. The van der Waals surface area contributed by atoms with Crippen molar-refractivity contribution in [3.05, 3.63) is 63.7 Å². The summed E-state index contributed by atoms with van der Waals surface area (Å²) in [4.78, 5) is 12.6. The van der Waals surface area contributed by atoms with Crippen LogP contribution < -0.4 is 4.74 Å². The summed E-state index contributed by atoms with van der Waals surface area (Å²) in [6.45, 7) is 10.6. The molecule has 0 spiro atoms. The number of rotatable bonds is 3. The molecule has 0 radical (unpaired) electrons. The third kappa shape index (κ3) is 3.85. The maximum atomic E-state index is 12.6. The molecule has 1 fully saturated rings. The zero-order valence-corrected chi connectivity index (χ0v) is 16.7. The van der Waals surface area contributed by atoms with Crippen molar-refractivity contribution in [2.24, 2.45) is 5.92 Å². The fourth-order valence-corrected chi connectivity index (χ4v) is 3.92. The minimum Gasteiger partial charge on any atom is -0.423 e. The van der Waals surface area contributed by atoms with Crippen molar-refractivity contribution < 1.29 is 9.53 Å². The highest BCUT2D eigenvalue weighted by atomic mass is 16.5. The first-order valence-corrected chi connectivity index (χ1v) is 9.76. The van der Waals surface area contributed by atoms with Crippen LogP contribution in [0.2, 0.25) is 0 Å². The third-order valence-corrected chi connectivity index (χ3v) is 6.27. The van der Waals surface area contributed by atoms with Crippen molar-refractivity contribution in [2.45, 2.75) is 66.2 Å². The Morgan fingerprint density at radius 1 is 0.885 bits per heavy atom. The highest BCUT2D eigenvalue weighted by Crippen LogP contribution is 2.35. The van der Waals surface area contributed by atoms with E-state index in [4.69, 9.17) is 4.74 Å². The fraction of sp³-hybridized carbons (Fsp3) is 0.458. The molecule has 0 heterocycles. The van der Waals surface area contributed by atoms with Crippen molar-refractivity contribution >= 4 is 5.97 Å². The molecule has 0 aliphatic heterocycles. The van der Waals surface area contributed by atoms with Crippen molar-refractivity contribution in [1.82, 2.24) is 0 Å². The molecule has 0 unspecified atom stereocenters. The number of esters is 1. The molecule has 0 aromatic heterocycles. The quantitative estimate of drug-likeness (QED) is 0.471. The Hall–Kier alpha value is -2.09. The molecule has 138 valence electrons. The molecule has 26 heavy (non-hydrogen) atoms. The molecular weight excluding hydrogens is 320 g/mol. The van der Waals surface area contributed by atoms with Gasteiger partial charge < -0.3 is 4.74 Å². The van der Waals surface area contributed by atoms with Gasteiger partial charge in [-0.2, -0.15) is 0 Å². The van der Waals surface area contributed by atoms with E-state index in [2.05, 4.69) is 39.8 Å². The highest BCUT2D eigenvalue weighted by molar-refractivity contribution is 5.91. The van der Waals surface area contributed by atoms with Crippen LogP contribution in [0.25, 0.3) is 0 Å². The maximum absolute atomic E-state index is 12.6. The van der Waals surface area contributed by atoms with Crippen LogP contribution in [0, 0.1) is 33.6 Å². The lowest BCUT2D eigenvalue weighted by Gasteiger charge is -2.26. The smallest absolute Gasteiger partial charge is 0.343 e. The van der Waals surface area contributed by atoms with E-state index in [9.17, 15) is 4.79 Å². The molecule has 2 aromatic carbocycles. The van der Waals surface area contributed by atoms with E-state index in [0.717, 1.165) is 17.0 Å². The van der Waals surface area contributed by atoms with Gasteiger partial charge in [-0.15, -0.1) is 0 Å². The number of carbonyl (C=O) groups is 1. The van der Waals surface area contributed by atoms with E-state index in [1.54, 1.807) is 0 Å². The van der Waals surface area contributed by atoms with Crippen LogP contribution in [0.15, 0.2) is 30.3 Å². The van der Waals surface area contributed by atoms with Gasteiger partial charge in [0, 0.05) is 0 Å². The van der Waals surface area contributed by atoms with Gasteiger partial charge in [0.2, 0.25) is 0 Å². The molecule has 0 bridgehead atoms. The lowest BCUT2D eigenvalue weighted by molar-refractivity contribution is 0.0733. The summed E-state index contributed by atoms with van der Waals surface area (Å²) >= 11 is 0. The third-order valence-electron chi connectivity index (χ3n) is 6.27. The SMILES string of the molecule is Cc1cc(OC(=O)c2ccc(C3CCC(C)CC3)cc2)c(C)c(C)c1C. The average Bonchev–Trinajstić information content (AvgIpc) is 2.65. The number of aryl methyl sites for hydroxylation is 1. The summed E-state index contributed by atoms with van der Waals surface area (Å²) in [7, 11) is 0. The Kier molecular flexibility index (Phi) is 5.50. The van der Waals surface area contributed by atoms with Crippen LogP contribution in [-0.4, -0.2) is 5.97 Å². The standard InChI is InChI=1S/C24H30O2/c1-15-6-8-20(9-7-15)21-10-12-22(13-11-21)24(25)26-23-14-16(2)17(3)18(4)19(23)5/h10-15,20H,6-9H2,1-5H3. The Bertz CT molecular complexity index is 794. The van der Waals surface area contributed by atoms with Crippen molar-refractivity contribution in [1.29, 1.82) is 0 Å². The van der Waals surface area contributed by atoms with Gasteiger partial charge in [-0.05, 0) is 98.4 Å². The molecule has 0 atom stereocenters. The summed E-state index contributed by atoms with van der Waals surface area (Å²) in [5.41, 5.74) is 6.61. The monoisotopic (exact) mass is 350 g/mol. The number of hydrogen-bond donors (Lipinski definition) is 0. The number of benzene rings is 2. The van der Waals surface area contributed by atoms with Gasteiger partial charge in [0.25, 0.3) is 0 Å². The molecule has 0 saturated heterocycles. The largest absolute Gasteiger partial charge is 0.423 e. The van der Waals surface area contributed by atoms with Crippen molar-refractivity contribution in [3.63, 3.8) is 0 Å². The van der Waals surface area contributed by atoms with Crippen molar-refractivity contribution in [2.75, 3.05) is 0 Å². The maximum Gasteiger partial charge on any atom is 0.343 e. The van der Waals surface area contributed by atoms with Gasteiger partial charge in [0.05, 0.1) is 5.56 Å². The first-order valence-electron chi connectivity index (χ1n) is 9.76. The van der Waals surface area contributed by atoms with Crippen LogP contribution in [0.4, 0.5) is 0 Å². The molecule has 0 amide bonds. The van der Waals surface area contributed by atoms with E-state index in [-0.39, 0.29) is 5.97 Å². The summed E-state index contributed by atoms with van der Waals surface area (Å²) in [6, 6.07) is 10.0. The van der Waals surface area contributed by atoms with E-state index in [1.165, 1.54) is 42.4 Å². The first kappa shape index (κ1) is 18.7. The van der Waals surface area contributed by atoms with E-state index in [0.29, 0.717) is 17.2 Å². The van der Waals surface area contributed by atoms with Crippen LogP contribution in [0.5, 0.6) is 5.75 Å². The lowest BCUT2D eigenvalue weighted by Crippen LogP contribution is -2.12. The molecule has 2 nitrogen and oxygen atoms in total. The predicted octanol–water partition coefficient (Wildman–Crippen LogP) is 6.43. The topological polar surface area (TPSA) is 26.3 Å². The van der Waals surface area contributed by atoms with Gasteiger partial charge >= 0.3 is 5.97 Å². The summed E-state index contributed by atoms with van der Waals surface area (Å²) in [5, 5.41) is 0. The van der Waals surface area contributed by atoms with Crippen LogP contribution in [-0.2, 0) is 0 Å². The number of ether oxygens (including phenoxy) is 1. The molecule has 2 aromatic rings. The average molecular weight is 351 g/mol. The minimum absolute atomic E-state index is 0.278. The summed E-state index contributed by atoms with van der Waals surface area (Å²) in [5.74, 6) is 1.88. The van der Waals surface area contributed by atoms with Gasteiger partial charge in [0.15, 0.2) is 0 Å². The second-order valence-corrected chi connectivity index (χ2v) is 8.03. The molecule has 1 aliphatic carbocycles. The number of hydrogen-bond acceptors (Lipinski definition) is 2. The van der Waals surface area contributed by atoms with Gasteiger partial charge in [-0.1, -0.05) is 31.9 Å². The second kappa shape index (κ2) is 7.65. The van der Waals surface area contributed by atoms with Gasteiger partial charge in [-0.3, -0.25) is 0 Å². The van der Waals surface area contributed by atoms with Crippen LogP contribution in [0.1, 0.15) is 76.7 Å². The molecular formula is C24H30O2. The predicted molar refractivity (Wildman–Crippen MR) is 107 cm³/mol. The molecule has 2 heteroatoms.